The number of carbonyl (C=O) groups is 1. The van der Waals surface area contributed by atoms with Gasteiger partial charge in [0.05, 0.1) is 17.2 Å². The van der Waals surface area contributed by atoms with Crippen LogP contribution in [0.25, 0.3) is 16.2 Å². The molecule has 3 rings (SSSR count). The monoisotopic (exact) mass is 390 g/mol. The third kappa shape index (κ3) is 3.82. The third-order valence-corrected chi connectivity index (χ3v) is 5.23. The highest BCUT2D eigenvalue weighted by molar-refractivity contribution is 7.19. The van der Waals surface area contributed by atoms with Gasteiger partial charge in [-0.2, -0.15) is 0 Å². The van der Waals surface area contributed by atoms with E-state index in [9.17, 15) is 14.9 Å². The Bertz CT molecular complexity index is 993. The maximum atomic E-state index is 12.4. The molecule has 0 unspecified atom stereocenters. The first-order chi connectivity index (χ1) is 12.9. The normalized spacial score (nSPS) is 11.3. The first-order valence-electron chi connectivity index (χ1n) is 8.01. The molecule has 0 saturated carbocycles. The van der Waals surface area contributed by atoms with Crippen molar-refractivity contribution in [2.75, 3.05) is 20.8 Å². The number of thiazole rings is 1. The number of hydrogen-bond acceptors (Lipinski definition) is 7. The zero-order chi connectivity index (χ0) is 19.6. The van der Waals surface area contributed by atoms with Gasteiger partial charge in [0.15, 0.2) is 11.3 Å². The molecule has 1 N–H and O–H groups in total. The van der Waals surface area contributed by atoms with Crippen molar-refractivity contribution < 1.29 is 19.2 Å². The van der Waals surface area contributed by atoms with E-state index in [1.807, 2.05) is 6.92 Å². The van der Waals surface area contributed by atoms with Crippen molar-refractivity contribution in [3.63, 3.8) is 0 Å². The number of benzene rings is 1. The quantitative estimate of drug-likeness (QED) is 0.377. The van der Waals surface area contributed by atoms with E-state index in [-0.39, 0.29) is 18.1 Å². The highest BCUT2D eigenvalue weighted by atomic mass is 32.1. The van der Waals surface area contributed by atoms with Gasteiger partial charge >= 0.3 is 0 Å². The predicted molar refractivity (Wildman–Crippen MR) is 100 cm³/mol. The fourth-order valence-corrected chi connectivity index (χ4v) is 3.62. The Balaban J connectivity index is 1.85. The summed E-state index contributed by atoms with van der Waals surface area (Å²) in [4.78, 5) is 28.6. The van der Waals surface area contributed by atoms with Crippen LogP contribution < -0.4 is 5.32 Å². The Morgan fingerprint density at radius 3 is 2.78 bits per heavy atom. The SMILES string of the molecule is COC(CNC(=O)c1sc2nc(-c3cccc([N+](=O)[O-])c3)cn2c1C)OC. The molecule has 142 valence electrons. The molecule has 1 amide bonds. The van der Waals surface area contributed by atoms with Crippen LogP contribution in [-0.4, -0.2) is 47.3 Å². The zero-order valence-electron chi connectivity index (χ0n) is 15.0. The van der Waals surface area contributed by atoms with Crippen LogP contribution in [0.3, 0.4) is 0 Å². The van der Waals surface area contributed by atoms with Gasteiger partial charge in [0, 0.05) is 43.8 Å². The molecule has 0 radical (unpaired) electrons. The van der Waals surface area contributed by atoms with E-state index in [1.54, 1.807) is 22.7 Å². The van der Waals surface area contributed by atoms with Gasteiger partial charge in [-0.1, -0.05) is 23.5 Å². The number of aromatic nitrogens is 2. The zero-order valence-corrected chi connectivity index (χ0v) is 15.8. The average Bonchev–Trinajstić information content (AvgIpc) is 3.22. The van der Waals surface area contributed by atoms with Crippen molar-refractivity contribution in [3.8, 4) is 11.3 Å². The molecule has 0 bridgehead atoms. The number of nitro groups is 1. The van der Waals surface area contributed by atoms with Gasteiger partial charge in [0.2, 0.25) is 0 Å². The van der Waals surface area contributed by atoms with Crippen LogP contribution in [0.15, 0.2) is 30.5 Å². The van der Waals surface area contributed by atoms with Crippen LogP contribution >= 0.6 is 11.3 Å². The minimum atomic E-state index is -0.515. The number of ether oxygens (including phenoxy) is 2. The van der Waals surface area contributed by atoms with Gasteiger partial charge < -0.3 is 14.8 Å². The Morgan fingerprint density at radius 1 is 1.41 bits per heavy atom. The molecule has 1 aromatic carbocycles. The van der Waals surface area contributed by atoms with E-state index < -0.39 is 11.2 Å². The molecular formula is C17H18N4O5S. The number of nitrogens with zero attached hydrogens (tertiary/aromatic N) is 3. The third-order valence-electron chi connectivity index (χ3n) is 4.07. The fourth-order valence-electron chi connectivity index (χ4n) is 2.60. The summed E-state index contributed by atoms with van der Waals surface area (Å²) >= 11 is 1.25. The molecule has 10 heteroatoms. The minimum absolute atomic E-state index is 0.00600. The number of rotatable bonds is 7. The van der Waals surface area contributed by atoms with Gasteiger partial charge in [-0.25, -0.2) is 4.98 Å². The number of carbonyl (C=O) groups excluding carboxylic acids is 1. The van der Waals surface area contributed by atoms with E-state index in [1.165, 1.54) is 37.7 Å². The number of imidazole rings is 1. The number of aryl methyl sites for hydroxylation is 1. The number of amides is 1. The molecule has 0 fully saturated rings. The number of nitro benzene ring substituents is 1. The van der Waals surface area contributed by atoms with Crippen molar-refractivity contribution in [2.24, 2.45) is 0 Å². The smallest absolute Gasteiger partial charge is 0.270 e. The van der Waals surface area contributed by atoms with Crippen molar-refractivity contribution in [1.82, 2.24) is 14.7 Å². The number of hydrogen-bond donors (Lipinski definition) is 1. The number of nitrogens with one attached hydrogen (secondary N) is 1. The standard InChI is InChI=1S/C17H18N4O5S/c1-10-15(16(22)18-8-14(25-2)26-3)27-17-19-13(9-20(10)17)11-5-4-6-12(7-11)21(23)24/h4-7,9,14H,8H2,1-3H3,(H,18,22). The highest BCUT2D eigenvalue weighted by Gasteiger charge is 2.19. The van der Waals surface area contributed by atoms with Gasteiger partial charge in [0.1, 0.15) is 4.88 Å². The summed E-state index contributed by atoms with van der Waals surface area (Å²) in [6.07, 6.45) is 1.25. The molecule has 27 heavy (non-hydrogen) atoms. The Labute approximate surface area is 158 Å². The second kappa shape index (κ2) is 7.82. The van der Waals surface area contributed by atoms with Gasteiger partial charge in [-0.3, -0.25) is 19.3 Å². The van der Waals surface area contributed by atoms with Crippen molar-refractivity contribution >= 4 is 27.9 Å². The van der Waals surface area contributed by atoms with E-state index in [4.69, 9.17) is 9.47 Å². The summed E-state index contributed by atoms with van der Waals surface area (Å²) in [5.41, 5.74) is 2.00. The molecule has 0 spiro atoms. The average molecular weight is 390 g/mol. The molecule has 2 heterocycles. The maximum Gasteiger partial charge on any atom is 0.270 e. The number of fused-ring (bicyclic) bond motifs is 1. The molecule has 2 aromatic heterocycles. The summed E-state index contributed by atoms with van der Waals surface area (Å²) in [5.74, 6) is -0.237. The Hall–Kier alpha value is -2.82. The molecule has 0 aliphatic carbocycles. The van der Waals surface area contributed by atoms with Gasteiger partial charge in [0.25, 0.3) is 11.6 Å². The fraction of sp³-hybridized carbons (Fsp3) is 0.294. The van der Waals surface area contributed by atoms with E-state index >= 15 is 0 Å². The van der Waals surface area contributed by atoms with Crippen LogP contribution in [0.5, 0.6) is 0 Å². The van der Waals surface area contributed by atoms with Crippen LogP contribution in [0.4, 0.5) is 5.69 Å². The maximum absolute atomic E-state index is 12.4. The summed E-state index contributed by atoms with van der Waals surface area (Å²) in [6, 6.07) is 6.29. The summed E-state index contributed by atoms with van der Waals surface area (Å²) in [6.45, 7) is 2.05. The van der Waals surface area contributed by atoms with Crippen molar-refractivity contribution in [1.29, 1.82) is 0 Å². The Morgan fingerprint density at radius 2 is 2.15 bits per heavy atom. The van der Waals surface area contributed by atoms with Gasteiger partial charge in [-0.05, 0) is 6.92 Å². The van der Waals surface area contributed by atoms with Crippen LogP contribution in [0.1, 0.15) is 15.4 Å². The molecule has 3 aromatic rings. The second-order valence-corrected chi connectivity index (χ2v) is 6.69. The van der Waals surface area contributed by atoms with Crippen molar-refractivity contribution in [3.05, 3.63) is 51.1 Å². The van der Waals surface area contributed by atoms with Crippen LogP contribution in [-0.2, 0) is 9.47 Å². The minimum Gasteiger partial charge on any atom is -0.354 e. The van der Waals surface area contributed by atoms with Crippen molar-refractivity contribution in [2.45, 2.75) is 13.2 Å². The molecule has 9 nitrogen and oxygen atoms in total. The first-order valence-corrected chi connectivity index (χ1v) is 8.83. The second-order valence-electron chi connectivity index (χ2n) is 5.71. The van der Waals surface area contributed by atoms with E-state index in [2.05, 4.69) is 10.3 Å². The summed E-state index contributed by atoms with van der Waals surface area (Å²) in [5, 5.41) is 13.7. The first kappa shape index (κ1) is 19.0. The lowest BCUT2D eigenvalue weighted by molar-refractivity contribution is -0.384. The van der Waals surface area contributed by atoms with E-state index in [0.717, 1.165) is 5.69 Å². The van der Waals surface area contributed by atoms with Crippen LogP contribution in [0, 0.1) is 17.0 Å². The highest BCUT2D eigenvalue weighted by Crippen LogP contribution is 2.28. The Kier molecular flexibility index (Phi) is 5.49. The summed E-state index contributed by atoms with van der Waals surface area (Å²) < 4.78 is 11.9. The number of non-ortho nitro benzene ring substituents is 1. The molecular weight excluding hydrogens is 372 g/mol. The topological polar surface area (TPSA) is 108 Å². The molecule has 0 aliphatic rings. The molecule has 0 atom stereocenters. The van der Waals surface area contributed by atoms with E-state index in [0.29, 0.717) is 21.1 Å². The lowest BCUT2D eigenvalue weighted by Crippen LogP contribution is -2.34. The largest absolute Gasteiger partial charge is 0.354 e. The number of methoxy groups -OCH3 is 2. The van der Waals surface area contributed by atoms with Crippen LogP contribution in [0.2, 0.25) is 0 Å². The lowest BCUT2D eigenvalue weighted by atomic mass is 10.1. The lowest BCUT2D eigenvalue weighted by Gasteiger charge is -2.13. The predicted octanol–water partition coefficient (Wildman–Crippen LogP) is 2.63. The molecule has 0 aliphatic heterocycles. The summed E-state index contributed by atoms with van der Waals surface area (Å²) in [7, 11) is 3.00. The van der Waals surface area contributed by atoms with Gasteiger partial charge in [-0.15, -0.1) is 0 Å². The molecule has 0 saturated heterocycles.